The summed E-state index contributed by atoms with van der Waals surface area (Å²) in [6.45, 7) is 0. The Bertz CT molecular complexity index is 1030. The summed E-state index contributed by atoms with van der Waals surface area (Å²) in [5, 5.41) is 0. The highest BCUT2D eigenvalue weighted by atomic mass is 32.2. The lowest BCUT2D eigenvalue weighted by Crippen LogP contribution is -2.16. The largest absolute Gasteiger partial charge is 0.289 e. The van der Waals surface area contributed by atoms with Crippen molar-refractivity contribution in [3.05, 3.63) is 95.6 Å². The molecule has 0 amide bonds. The first-order chi connectivity index (χ1) is 12.4. The minimum absolute atomic E-state index is 0.0808. The Balaban J connectivity index is 1.85. The second kappa shape index (κ2) is 7.05. The molecule has 0 fully saturated rings. The average molecular weight is 373 g/mol. The molecule has 4 nitrogen and oxygen atoms in total. The summed E-state index contributed by atoms with van der Waals surface area (Å²) in [6.07, 6.45) is 0. The predicted molar refractivity (Wildman–Crippen MR) is 93.5 cm³/mol. The van der Waals surface area contributed by atoms with Gasteiger partial charge in [0.2, 0.25) is 0 Å². The Morgan fingerprint density at radius 3 is 1.85 bits per heavy atom. The Morgan fingerprint density at radius 1 is 0.731 bits per heavy atom. The molecule has 0 unspecified atom stereocenters. The highest BCUT2D eigenvalue weighted by Gasteiger charge is 2.23. The van der Waals surface area contributed by atoms with Gasteiger partial charge in [-0.05, 0) is 36.4 Å². The molecule has 7 heteroatoms. The van der Waals surface area contributed by atoms with Crippen molar-refractivity contribution in [3.8, 4) is 0 Å². The van der Waals surface area contributed by atoms with E-state index >= 15 is 0 Å². The summed E-state index contributed by atoms with van der Waals surface area (Å²) >= 11 is 0. The second-order valence-corrected chi connectivity index (χ2v) is 7.05. The highest BCUT2D eigenvalue weighted by molar-refractivity contribution is 7.92. The molecule has 0 saturated heterocycles. The fourth-order valence-electron chi connectivity index (χ4n) is 2.39. The molecule has 0 aliphatic rings. The van der Waals surface area contributed by atoms with Crippen LogP contribution in [0.5, 0.6) is 0 Å². The van der Waals surface area contributed by atoms with Crippen LogP contribution >= 0.6 is 0 Å². The molecule has 0 atom stereocenters. The van der Waals surface area contributed by atoms with Crippen molar-refractivity contribution in [2.45, 2.75) is 4.90 Å². The van der Waals surface area contributed by atoms with Crippen LogP contribution in [0.15, 0.2) is 77.7 Å². The third-order valence-electron chi connectivity index (χ3n) is 3.62. The summed E-state index contributed by atoms with van der Waals surface area (Å²) in [4.78, 5) is 11.3. The first-order valence-corrected chi connectivity index (χ1v) is 9.03. The van der Waals surface area contributed by atoms with Gasteiger partial charge >= 0.3 is 0 Å². The Morgan fingerprint density at radius 2 is 1.27 bits per heavy atom. The third-order valence-corrected chi connectivity index (χ3v) is 5.05. The summed E-state index contributed by atoms with van der Waals surface area (Å²) in [6, 6.07) is 17.0. The smallest absolute Gasteiger partial charge is 0.267 e. The molecule has 0 aliphatic heterocycles. The van der Waals surface area contributed by atoms with Gasteiger partial charge < -0.3 is 0 Å². The van der Waals surface area contributed by atoms with E-state index in [-0.39, 0.29) is 11.5 Å². The molecule has 0 aromatic heterocycles. The standard InChI is InChI=1S/C19H13F2NO3S/c20-16-7-4-8-17(21)19(16)26(24,25)22-15-11-9-14(10-12-15)18(23)13-5-2-1-3-6-13/h1-12,22H. The minimum atomic E-state index is -4.44. The van der Waals surface area contributed by atoms with Crippen molar-refractivity contribution in [2.75, 3.05) is 4.72 Å². The van der Waals surface area contributed by atoms with E-state index in [4.69, 9.17) is 0 Å². The Hall–Kier alpha value is -3.06. The Labute approximate surface area is 149 Å². The van der Waals surface area contributed by atoms with E-state index in [0.29, 0.717) is 11.1 Å². The fraction of sp³-hybridized carbons (Fsp3) is 0. The molecule has 0 heterocycles. The number of anilines is 1. The van der Waals surface area contributed by atoms with Crippen LogP contribution in [0.25, 0.3) is 0 Å². The van der Waals surface area contributed by atoms with Crippen LogP contribution in [0.2, 0.25) is 0 Å². The molecular formula is C19H13F2NO3S. The van der Waals surface area contributed by atoms with Gasteiger partial charge in [0, 0.05) is 16.8 Å². The molecule has 0 saturated carbocycles. The molecule has 3 aromatic carbocycles. The van der Waals surface area contributed by atoms with Crippen molar-refractivity contribution in [2.24, 2.45) is 0 Å². The number of sulfonamides is 1. The van der Waals surface area contributed by atoms with Gasteiger partial charge in [0.25, 0.3) is 10.0 Å². The van der Waals surface area contributed by atoms with Crippen molar-refractivity contribution in [1.82, 2.24) is 0 Å². The van der Waals surface area contributed by atoms with E-state index in [1.807, 2.05) is 0 Å². The van der Waals surface area contributed by atoms with E-state index < -0.39 is 26.6 Å². The van der Waals surface area contributed by atoms with Crippen molar-refractivity contribution in [1.29, 1.82) is 0 Å². The maximum Gasteiger partial charge on any atom is 0.267 e. The normalized spacial score (nSPS) is 11.2. The van der Waals surface area contributed by atoms with Gasteiger partial charge in [0.15, 0.2) is 10.7 Å². The van der Waals surface area contributed by atoms with Crippen LogP contribution in [-0.2, 0) is 10.0 Å². The molecule has 1 N–H and O–H groups in total. The first kappa shape index (κ1) is 17.8. The molecule has 132 valence electrons. The number of halogens is 2. The second-order valence-electron chi connectivity index (χ2n) is 5.43. The van der Waals surface area contributed by atoms with Gasteiger partial charge in [0.1, 0.15) is 11.6 Å². The number of carbonyl (C=O) groups is 1. The van der Waals surface area contributed by atoms with Crippen molar-refractivity contribution >= 4 is 21.5 Å². The summed E-state index contributed by atoms with van der Waals surface area (Å²) < 4.78 is 54.0. The molecule has 0 aliphatic carbocycles. The molecule has 3 aromatic rings. The van der Waals surface area contributed by atoms with Crippen LogP contribution in [0, 0.1) is 11.6 Å². The van der Waals surface area contributed by atoms with E-state index in [1.54, 1.807) is 30.3 Å². The van der Waals surface area contributed by atoms with E-state index in [1.165, 1.54) is 24.3 Å². The van der Waals surface area contributed by atoms with Crippen LogP contribution in [-0.4, -0.2) is 14.2 Å². The number of rotatable bonds is 5. The fourth-order valence-corrected chi connectivity index (χ4v) is 3.59. The van der Waals surface area contributed by atoms with Gasteiger partial charge in [-0.3, -0.25) is 9.52 Å². The van der Waals surface area contributed by atoms with E-state index in [2.05, 4.69) is 4.72 Å². The number of hydrogen-bond donors (Lipinski definition) is 1. The molecule has 0 radical (unpaired) electrons. The maximum absolute atomic E-state index is 13.7. The molecule has 0 spiro atoms. The molecule has 26 heavy (non-hydrogen) atoms. The van der Waals surface area contributed by atoms with Crippen LogP contribution in [0.4, 0.5) is 14.5 Å². The lowest BCUT2D eigenvalue weighted by atomic mass is 10.0. The van der Waals surface area contributed by atoms with Crippen molar-refractivity contribution in [3.63, 3.8) is 0 Å². The topological polar surface area (TPSA) is 63.2 Å². The predicted octanol–water partition coefficient (Wildman–Crippen LogP) is 4.00. The lowest BCUT2D eigenvalue weighted by Gasteiger charge is -2.10. The van der Waals surface area contributed by atoms with Gasteiger partial charge in [-0.1, -0.05) is 36.4 Å². The first-order valence-electron chi connectivity index (χ1n) is 7.55. The van der Waals surface area contributed by atoms with E-state index in [9.17, 15) is 22.0 Å². The molecule has 3 rings (SSSR count). The lowest BCUT2D eigenvalue weighted by molar-refractivity contribution is 0.103. The quantitative estimate of drug-likeness (QED) is 0.688. The molecular weight excluding hydrogens is 360 g/mol. The highest BCUT2D eigenvalue weighted by Crippen LogP contribution is 2.22. The average Bonchev–Trinajstić information content (AvgIpc) is 2.62. The number of carbonyl (C=O) groups excluding carboxylic acids is 1. The number of ketones is 1. The van der Waals surface area contributed by atoms with Gasteiger partial charge in [-0.15, -0.1) is 0 Å². The summed E-state index contributed by atoms with van der Waals surface area (Å²) in [7, 11) is -4.44. The maximum atomic E-state index is 13.7. The van der Waals surface area contributed by atoms with Gasteiger partial charge in [0.05, 0.1) is 0 Å². The zero-order chi connectivity index (χ0) is 18.7. The number of benzene rings is 3. The monoisotopic (exact) mass is 373 g/mol. The van der Waals surface area contributed by atoms with Crippen LogP contribution in [0.3, 0.4) is 0 Å². The van der Waals surface area contributed by atoms with Crippen LogP contribution < -0.4 is 4.72 Å². The van der Waals surface area contributed by atoms with Crippen molar-refractivity contribution < 1.29 is 22.0 Å². The van der Waals surface area contributed by atoms with Crippen LogP contribution in [0.1, 0.15) is 15.9 Å². The zero-order valence-corrected chi connectivity index (χ0v) is 14.1. The third kappa shape index (κ3) is 3.62. The number of hydrogen-bond acceptors (Lipinski definition) is 3. The van der Waals surface area contributed by atoms with E-state index in [0.717, 1.165) is 18.2 Å². The minimum Gasteiger partial charge on any atom is -0.289 e. The van der Waals surface area contributed by atoms with Gasteiger partial charge in [-0.25, -0.2) is 17.2 Å². The summed E-state index contributed by atoms with van der Waals surface area (Å²) in [5.74, 6) is -2.60. The molecule has 0 bridgehead atoms. The SMILES string of the molecule is O=C(c1ccccc1)c1ccc(NS(=O)(=O)c2c(F)cccc2F)cc1. The summed E-state index contributed by atoms with van der Waals surface area (Å²) in [5.41, 5.74) is 0.933. The Kier molecular flexibility index (Phi) is 4.81. The number of nitrogens with one attached hydrogen (secondary N) is 1. The van der Waals surface area contributed by atoms with Gasteiger partial charge in [-0.2, -0.15) is 0 Å². The zero-order valence-electron chi connectivity index (χ0n) is 13.3.